The first kappa shape index (κ1) is 19.0. The fraction of sp³-hybridized carbons (Fsp3) is 0.364. The highest BCUT2D eigenvalue weighted by molar-refractivity contribution is 6.04. The Hall–Kier alpha value is -2.82. The molecule has 1 N–H and O–H groups in total. The Balaban J connectivity index is 1.77. The number of benzene rings is 2. The maximum atomic E-state index is 12.9. The summed E-state index contributed by atoms with van der Waals surface area (Å²) in [5, 5.41) is 3.07. The van der Waals surface area contributed by atoms with E-state index in [1.165, 1.54) is 0 Å². The molecular formula is C22H26N2O3. The van der Waals surface area contributed by atoms with Crippen molar-refractivity contribution in [1.29, 1.82) is 0 Å². The first-order valence-corrected chi connectivity index (χ1v) is 9.25. The van der Waals surface area contributed by atoms with Gasteiger partial charge in [0, 0.05) is 30.4 Å². The van der Waals surface area contributed by atoms with Gasteiger partial charge in [-0.3, -0.25) is 9.59 Å². The van der Waals surface area contributed by atoms with Crippen LogP contribution in [0.1, 0.15) is 37.3 Å². The van der Waals surface area contributed by atoms with Crippen molar-refractivity contribution in [2.75, 3.05) is 23.9 Å². The van der Waals surface area contributed by atoms with Crippen LogP contribution in [-0.2, 0) is 9.59 Å². The Bertz CT molecular complexity index is 860. The topological polar surface area (TPSA) is 58.6 Å². The van der Waals surface area contributed by atoms with Gasteiger partial charge in [-0.1, -0.05) is 38.1 Å². The van der Waals surface area contributed by atoms with Crippen LogP contribution < -0.4 is 15.0 Å². The lowest BCUT2D eigenvalue weighted by Crippen LogP contribution is -2.28. The van der Waals surface area contributed by atoms with E-state index in [1.807, 2.05) is 49.4 Å². The Labute approximate surface area is 160 Å². The van der Waals surface area contributed by atoms with Crippen molar-refractivity contribution in [2.45, 2.75) is 33.1 Å². The van der Waals surface area contributed by atoms with Gasteiger partial charge in [-0.2, -0.15) is 0 Å². The molecule has 0 saturated carbocycles. The first-order valence-electron chi connectivity index (χ1n) is 9.25. The molecule has 1 aliphatic heterocycles. The zero-order valence-electron chi connectivity index (χ0n) is 16.3. The van der Waals surface area contributed by atoms with Crippen LogP contribution in [-0.4, -0.2) is 25.5 Å². The lowest BCUT2D eigenvalue weighted by atomic mass is 9.97. The number of nitrogens with zero attached hydrogens (tertiary/aromatic N) is 1. The Kier molecular flexibility index (Phi) is 5.49. The summed E-state index contributed by atoms with van der Waals surface area (Å²) in [7, 11) is 1.59. The van der Waals surface area contributed by atoms with Crippen LogP contribution in [0.25, 0.3) is 0 Å². The Morgan fingerprint density at radius 2 is 1.96 bits per heavy atom. The van der Waals surface area contributed by atoms with E-state index in [1.54, 1.807) is 12.0 Å². The Morgan fingerprint density at radius 1 is 1.22 bits per heavy atom. The quantitative estimate of drug-likeness (QED) is 0.866. The number of nitrogens with one attached hydrogen (secondary N) is 1. The summed E-state index contributed by atoms with van der Waals surface area (Å²) >= 11 is 0. The molecule has 2 aromatic carbocycles. The van der Waals surface area contributed by atoms with E-state index in [9.17, 15) is 9.59 Å². The average molecular weight is 366 g/mol. The van der Waals surface area contributed by atoms with Crippen molar-refractivity contribution in [3.05, 3.63) is 53.6 Å². The number of carbonyl (C=O) groups is 2. The first-order chi connectivity index (χ1) is 12.9. The number of rotatable bonds is 5. The summed E-state index contributed by atoms with van der Waals surface area (Å²) < 4.78 is 5.23. The highest BCUT2D eigenvalue weighted by Crippen LogP contribution is 2.31. The molecule has 0 aliphatic carbocycles. The van der Waals surface area contributed by atoms with Crippen molar-refractivity contribution in [2.24, 2.45) is 5.92 Å². The molecule has 0 radical (unpaired) electrons. The highest BCUT2D eigenvalue weighted by Gasteiger charge is 2.35. The summed E-state index contributed by atoms with van der Waals surface area (Å²) in [4.78, 5) is 27.0. The number of anilines is 2. The molecule has 5 heteroatoms. The third-order valence-corrected chi connectivity index (χ3v) is 5.04. The Morgan fingerprint density at radius 3 is 2.67 bits per heavy atom. The van der Waals surface area contributed by atoms with E-state index >= 15 is 0 Å². The van der Waals surface area contributed by atoms with E-state index in [2.05, 4.69) is 19.2 Å². The van der Waals surface area contributed by atoms with Gasteiger partial charge in [0.1, 0.15) is 5.75 Å². The second kappa shape index (κ2) is 7.82. The fourth-order valence-electron chi connectivity index (χ4n) is 3.48. The predicted molar refractivity (Wildman–Crippen MR) is 107 cm³/mol. The van der Waals surface area contributed by atoms with Crippen LogP contribution >= 0.6 is 0 Å². The van der Waals surface area contributed by atoms with Gasteiger partial charge in [0.25, 0.3) is 0 Å². The number of aryl methyl sites for hydroxylation is 1. The molecule has 0 unspecified atom stereocenters. The summed E-state index contributed by atoms with van der Waals surface area (Å²) in [5.74, 6) is 0.471. The molecule has 1 aliphatic rings. The third kappa shape index (κ3) is 3.97. The minimum atomic E-state index is -0.372. The molecule has 1 fully saturated rings. The van der Waals surface area contributed by atoms with Crippen LogP contribution in [0.2, 0.25) is 0 Å². The van der Waals surface area contributed by atoms with E-state index < -0.39 is 0 Å². The van der Waals surface area contributed by atoms with Gasteiger partial charge in [-0.05, 0) is 36.1 Å². The molecule has 1 atom stereocenters. The number of methoxy groups -OCH3 is 1. The molecule has 5 nitrogen and oxygen atoms in total. The molecule has 2 amide bonds. The SMILES string of the molecule is COc1cccc(N2C[C@H](C(=O)Nc3c(C)cccc3C(C)C)CC2=O)c1. The molecule has 3 rings (SSSR count). The van der Waals surface area contributed by atoms with Crippen LogP contribution in [0.4, 0.5) is 11.4 Å². The number of carbonyl (C=O) groups excluding carboxylic acids is 2. The third-order valence-electron chi connectivity index (χ3n) is 5.04. The average Bonchev–Trinajstić information content (AvgIpc) is 3.05. The van der Waals surface area contributed by atoms with E-state index in [4.69, 9.17) is 4.74 Å². The summed E-state index contributed by atoms with van der Waals surface area (Å²) in [6.07, 6.45) is 0.214. The zero-order valence-corrected chi connectivity index (χ0v) is 16.3. The largest absolute Gasteiger partial charge is 0.497 e. The van der Waals surface area contributed by atoms with Crippen LogP contribution in [0, 0.1) is 12.8 Å². The number of ether oxygens (including phenoxy) is 1. The molecular weight excluding hydrogens is 340 g/mol. The zero-order chi connectivity index (χ0) is 19.6. The van der Waals surface area contributed by atoms with Crippen molar-refractivity contribution >= 4 is 23.2 Å². The smallest absolute Gasteiger partial charge is 0.229 e. The van der Waals surface area contributed by atoms with Gasteiger partial charge in [-0.15, -0.1) is 0 Å². The van der Waals surface area contributed by atoms with E-state index in [-0.39, 0.29) is 24.2 Å². The molecule has 0 bridgehead atoms. The van der Waals surface area contributed by atoms with Crippen molar-refractivity contribution in [3.8, 4) is 5.75 Å². The molecule has 142 valence electrons. The molecule has 0 aromatic heterocycles. The predicted octanol–water partition coefficient (Wildman–Crippen LogP) is 4.12. The number of para-hydroxylation sites is 1. The molecule has 1 heterocycles. The summed E-state index contributed by atoms with van der Waals surface area (Å²) in [6.45, 7) is 6.58. The van der Waals surface area contributed by atoms with Crippen molar-refractivity contribution in [3.63, 3.8) is 0 Å². The van der Waals surface area contributed by atoms with E-state index in [0.29, 0.717) is 18.2 Å². The summed E-state index contributed by atoms with van der Waals surface area (Å²) in [5.41, 5.74) is 3.76. The second-order valence-electron chi connectivity index (χ2n) is 7.29. The maximum Gasteiger partial charge on any atom is 0.229 e. The van der Waals surface area contributed by atoms with Crippen LogP contribution in [0.15, 0.2) is 42.5 Å². The summed E-state index contributed by atoms with van der Waals surface area (Å²) in [6, 6.07) is 13.4. The van der Waals surface area contributed by atoms with E-state index in [0.717, 1.165) is 22.5 Å². The van der Waals surface area contributed by atoms with Gasteiger partial charge >= 0.3 is 0 Å². The monoisotopic (exact) mass is 366 g/mol. The van der Waals surface area contributed by atoms with Crippen LogP contribution in [0.5, 0.6) is 5.75 Å². The second-order valence-corrected chi connectivity index (χ2v) is 7.29. The fourth-order valence-corrected chi connectivity index (χ4v) is 3.48. The lowest BCUT2D eigenvalue weighted by molar-refractivity contribution is -0.122. The molecule has 1 saturated heterocycles. The van der Waals surface area contributed by atoms with Crippen molar-refractivity contribution < 1.29 is 14.3 Å². The number of amides is 2. The standard InChI is InChI=1S/C22H26N2O3/c1-14(2)19-10-5-7-15(3)21(19)23-22(26)16-11-20(25)24(13-16)17-8-6-9-18(12-17)27-4/h5-10,12,14,16H,11,13H2,1-4H3,(H,23,26)/t16-/m1/s1. The lowest BCUT2D eigenvalue weighted by Gasteiger charge is -2.19. The number of hydrogen-bond acceptors (Lipinski definition) is 3. The minimum Gasteiger partial charge on any atom is -0.497 e. The molecule has 0 spiro atoms. The highest BCUT2D eigenvalue weighted by atomic mass is 16.5. The molecule has 2 aromatic rings. The van der Waals surface area contributed by atoms with Gasteiger partial charge in [0.15, 0.2) is 0 Å². The van der Waals surface area contributed by atoms with Crippen molar-refractivity contribution in [1.82, 2.24) is 0 Å². The normalized spacial score (nSPS) is 16.7. The van der Waals surface area contributed by atoms with Gasteiger partial charge < -0.3 is 15.0 Å². The van der Waals surface area contributed by atoms with Gasteiger partial charge in [0.2, 0.25) is 11.8 Å². The van der Waals surface area contributed by atoms with Gasteiger partial charge in [0.05, 0.1) is 13.0 Å². The number of hydrogen-bond donors (Lipinski definition) is 1. The van der Waals surface area contributed by atoms with Crippen LogP contribution in [0.3, 0.4) is 0 Å². The maximum absolute atomic E-state index is 12.9. The molecule has 27 heavy (non-hydrogen) atoms. The van der Waals surface area contributed by atoms with Gasteiger partial charge in [-0.25, -0.2) is 0 Å². The minimum absolute atomic E-state index is 0.0442.